The predicted molar refractivity (Wildman–Crippen MR) is 89.6 cm³/mol. The van der Waals surface area contributed by atoms with Crippen molar-refractivity contribution in [2.45, 2.75) is 0 Å². The summed E-state index contributed by atoms with van der Waals surface area (Å²) >= 11 is 0. The molecular formula is C18H18FNO4. The number of hydrogen-bond acceptors (Lipinski definition) is 5. The summed E-state index contributed by atoms with van der Waals surface area (Å²) in [7, 11) is 4.45. The molecule has 0 saturated heterocycles. The van der Waals surface area contributed by atoms with Gasteiger partial charge in [0.25, 0.3) is 0 Å². The quantitative estimate of drug-likeness (QED) is 0.620. The number of ether oxygens (including phenoxy) is 3. The predicted octanol–water partition coefficient (Wildman–Crippen LogP) is 3.66. The Bertz CT molecular complexity index is 733. The molecule has 5 nitrogen and oxygen atoms in total. The highest BCUT2D eigenvalue weighted by Crippen LogP contribution is 2.38. The molecule has 0 atom stereocenters. The van der Waals surface area contributed by atoms with E-state index in [-0.39, 0.29) is 11.6 Å². The van der Waals surface area contributed by atoms with E-state index in [4.69, 9.17) is 14.2 Å². The van der Waals surface area contributed by atoms with Gasteiger partial charge in [-0.1, -0.05) is 6.07 Å². The van der Waals surface area contributed by atoms with Crippen molar-refractivity contribution in [3.05, 3.63) is 60.1 Å². The third-order valence-corrected chi connectivity index (χ3v) is 3.26. The third-order valence-electron chi connectivity index (χ3n) is 3.26. The number of allylic oxidation sites excluding steroid dienone is 1. The van der Waals surface area contributed by atoms with Gasteiger partial charge >= 0.3 is 0 Å². The summed E-state index contributed by atoms with van der Waals surface area (Å²) in [5.74, 6) is 0.583. The standard InChI is InChI=1S/C18H18FNO4/c1-22-16-9-12(10-17(23-2)18(16)24-3)15(21)7-8-20-14-6-4-5-13(19)11-14/h4-11,20H,1-3H3/b8-7+. The van der Waals surface area contributed by atoms with E-state index in [9.17, 15) is 9.18 Å². The van der Waals surface area contributed by atoms with E-state index < -0.39 is 0 Å². The van der Waals surface area contributed by atoms with Gasteiger partial charge in [0.05, 0.1) is 21.3 Å². The Morgan fingerprint density at radius 3 is 2.25 bits per heavy atom. The van der Waals surface area contributed by atoms with Crippen LogP contribution in [0.4, 0.5) is 10.1 Å². The first-order chi connectivity index (χ1) is 11.6. The van der Waals surface area contributed by atoms with Crippen molar-refractivity contribution in [2.75, 3.05) is 26.6 Å². The Morgan fingerprint density at radius 2 is 1.71 bits per heavy atom. The van der Waals surface area contributed by atoms with Crippen LogP contribution >= 0.6 is 0 Å². The second kappa shape index (κ2) is 8.01. The van der Waals surface area contributed by atoms with Crippen molar-refractivity contribution in [1.82, 2.24) is 0 Å². The van der Waals surface area contributed by atoms with Crippen molar-refractivity contribution < 1.29 is 23.4 Å². The molecule has 0 bridgehead atoms. The average molecular weight is 331 g/mol. The molecule has 0 unspecified atom stereocenters. The van der Waals surface area contributed by atoms with Crippen LogP contribution in [0.5, 0.6) is 17.2 Å². The van der Waals surface area contributed by atoms with Crippen molar-refractivity contribution >= 4 is 11.5 Å². The molecule has 1 N–H and O–H groups in total. The molecule has 0 aromatic heterocycles. The molecule has 2 rings (SSSR count). The first-order valence-corrected chi connectivity index (χ1v) is 7.12. The minimum absolute atomic E-state index is 0.266. The molecule has 0 radical (unpaired) electrons. The van der Waals surface area contributed by atoms with E-state index >= 15 is 0 Å². The zero-order valence-electron chi connectivity index (χ0n) is 13.6. The van der Waals surface area contributed by atoms with Gasteiger partial charge in [0.15, 0.2) is 17.3 Å². The zero-order chi connectivity index (χ0) is 17.5. The van der Waals surface area contributed by atoms with Crippen molar-refractivity contribution in [1.29, 1.82) is 0 Å². The Kier molecular flexibility index (Phi) is 5.78. The van der Waals surface area contributed by atoms with E-state index in [2.05, 4.69) is 5.32 Å². The van der Waals surface area contributed by atoms with E-state index in [1.807, 2.05) is 0 Å². The van der Waals surface area contributed by atoms with Crippen molar-refractivity contribution in [2.24, 2.45) is 0 Å². The Labute approximate surface area is 139 Å². The molecule has 126 valence electrons. The molecule has 0 aliphatic heterocycles. The summed E-state index contributed by atoms with van der Waals surface area (Å²) in [5, 5.41) is 2.84. The lowest BCUT2D eigenvalue weighted by Crippen LogP contribution is -2.01. The summed E-state index contributed by atoms with van der Waals surface area (Å²) < 4.78 is 28.7. The van der Waals surface area contributed by atoms with Gasteiger partial charge in [0.2, 0.25) is 5.75 Å². The largest absolute Gasteiger partial charge is 0.493 e. The molecule has 0 saturated carbocycles. The lowest BCUT2D eigenvalue weighted by molar-refractivity contribution is 0.104. The number of benzene rings is 2. The number of ketones is 1. The first-order valence-electron chi connectivity index (χ1n) is 7.12. The molecule has 0 heterocycles. The highest BCUT2D eigenvalue weighted by Gasteiger charge is 2.15. The maximum absolute atomic E-state index is 13.1. The van der Waals surface area contributed by atoms with Crippen molar-refractivity contribution in [3.8, 4) is 17.2 Å². The van der Waals surface area contributed by atoms with Gasteiger partial charge in [-0.15, -0.1) is 0 Å². The molecule has 0 amide bonds. The minimum Gasteiger partial charge on any atom is -0.493 e. The van der Waals surface area contributed by atoms with Gasteiger partial charge in [0, 0.05) is 23.5 Å². The van der Waals surface area contributed by atoms with Crippen LogP contribution in [0.15, 0.2) is 48.7 Å². The summed E-state index contributed by atoms with van der Waals surface area (Å²) in [6, 6.07) is 9.07. The van der Waals surface area contributed by atoms with Crippen LogP contribution in [0.25, 0.3) is 0 Å². The second-order valence-corrected chi connectivity index (χ2v) is 4.77. The van der Waals surface area contributed by atoms with Gasteiger partial charge < -0.3 is 19.5 Å². The molecule has 0 aliphatic carbocycles. The van der Waals surface area contributed by atoms with Gasteiger partial charge in [-0.05, 0) is 30.3 Å². The molecule has 24 heavy (non-hydrogen) atoms. The fourth-order valence-electron chi connectivity index (χ4n) is 2.11. The van der Waals surface area contributed by atoms with Gasteiger partial charge in [-0.25, -0.2) is 4.39 Å². The Morgan fingerprint density at radius 1 is 1.04 bits per heavy atom. The van der Waals surface area contributed by atoms with E-state index in [1.54, 1.807) is 24.3 Å². The number of rotatable bonds is 7. The van der Waals surface area contributed by atoms with Crippen LogP contribution in [-0.4, -0.2) is 27.1 Å². The summed E-state index contributed by atoms with van der Waals surface area (Å²) in [6.45, 7) is 0. The molecule has 2 aromatic carbocycles. The van der Waals surface area contributed by atoms with Gasteiger partial charge in [0.1, 0.15) is 5.82 Å². The third kappa shape index (κ3) is 4.04. The highest BCUT2D eigenvalue weighted by molar-refractivity contribution is 6.05. The molecule has 0 aliphatic rings. The molecule has 6 heteroatoms. The normalized spacial score (nSPS) is 10.5. The van der Waals surface area contributed by atoms with Crippen LogP contribution in [0.2, 0.25) is 0 Å². The number of carbonyl (C=O) groups is 1. The Hall–Kier alpha value is -3.02. The fourth-order valence-corrected chi connectivity index (χ4v) is 2.11. The number of anilines is 1. The van der Waals surface area contributed by atoms with Crippen molar-refractivity contribution in [3.63, 3.8) is 0 Å². The molecule has 2 aromatic rings. The molecule has 0 fully saturated rings. The van der Waals surface area contributed by atoms with E-state index in [0.29, 0.717) is 28.5 Å². The van der Waals surface area contributed by atoms with E-state index in [0.717, 1.165) is 0 Å². The minimum atomic E-state index is -0.357. The Balaban J connectivity index is 2.18. The lowest BCUT2D eigenvalue weighted by atomic mass is 10.1. The fraction of sp³-hybridized carbons (Fsp3) is 0.167. The average Bonchev–Trinajstić information content (AvgIpc) is 2.60. The summed E-state index contributed by atoms with van der Waals surface area (Å²) in [6.07, 6.45) is 2.78. The first kappa shape index (κ1) is 17.3. The number of carbonyl (C=O) groups excluding carboxylic acids is 1. The molecule has 0 spiro atoms. The number of hydrogen-bond donors (Lipinski definition) is 1. The number of methoxy groups -OCH3 is 3. The van der Waals surface area contributed by atoms with Crippen LogP contribution in [-0.2, 0) is 0 Å². The zero-order valence-corrected chi connectivity index (χ0v) is 13.6. The van der Waals surface area contributed by atoms with Crippen LogP contribution < -0.4 is 19.5 Å². The SMILES string of the molecule is COc1cc(C(=O)/C=C/Nc2cccc(F)c2)cc(OC)c1OC. The smallest absolute Gasteiger partial charge is 0.203 e. The summed E-state index contributed by atoms with van der Waals surface area (Å²) in [4.78, 5) is 12.3. The summed E-state index contributed by atoms with van der Waals surface area (Å²) in [5.41, 5.74) is 0.922. The number of nitrogens with one attached hydrogen (secondary N) is 1. The highest BCUT2D eigenvalue weighted by atomic mass is 19.1. The van der Waals surface area contributed by atoms with Crippen LogP contribution in [0.3, 0.4) is 0 Å². The van der Waals surface area contributed by atoms with Gasteiger partial charge in [-0.2, -0.15) is 0 Å². The maximum atomic E-state index is 13.1. The maximum Gasteiger partial charge on any atom is 0.203 e. The van der Waals surface area contributed by atoms with E-state index in [1.165, 1.54) is 45.7 Å². The van der Waals surface area contributed by atoms with Crippen LogP contribution in [0.1, 0.15) is 10.4 Å². The second-order valence-electron chi connectivity index (χ2n) is 4.77. The van der Waals surface area contributed by atoms with Gasteiger partial charge in [-0.3, -0.25) is 4.79 Å². The topological polar surface area (TPSA) is 56.8 Å². The lowest BCUT2D eigenvalue weighted by Gasteiger charge is -2.13. The molecular weight excluding hydrogens is 313 g/mol. The number of halogens is 1. The monoisotopic (exact) mass is 331 g/mol. The van der Waals surface area contributed by atoms with Crippen LogP contribution in [0, 0.1) is 5.82 Å².